The predicted octanol–water partition coefficient (Wildman–Crippen LogP) is 2.14. The van der Waals surface area contributed by atoms with Gasteiger partial charge in [0.2, 0.25) is 0 Å². The molecule has 2 rings (SSSR count). The number of aryl methyl sites for hydroxylation is 1. The maximum atomic E-state index is 9.71. The summed E-state index contributed by atoms with van der Waals surface area (Å²) in [5.41, 5.74) is 2.61. The van der Waals surface area contributed by atoms with Crippen molar-refractivity contribution in [3.63, 3.8) is 0 Å². The summed E-state index contributed by atoms with van der Waals surface area (Å²) in [6.45, 7) is 0. The van der Waals surface area contributed by atoms with Crippen molar-refractivity contribution in [1.82, 2.24) is 0 Å². The Bertz CT molecular complexity index is 376. The lowest BCUT2D eigenvalue weighted by Gasteiger charge is -2.16. The zero-order valence-corrected chi connectivity index (χ0v) is 7.38. The molecule has 1 N–H and O–H groups in total. The molecule has 0 saturated heterocycles. The fraction of sp³-hybridized carbons (Fsp3) is 0.364. The quantitative estimate of drug-likeness (QED) is 0.653. The van der Waals surface area contributed by atoms with E-state index in [9.17, 15) is 5.11 Å². The number of fused-ring (bicyclic) bond motifs is 1. The number of nitriles is 1. The van der Waals surface area contributed by atoms with Crippen LogP contribution in [0.15, 0.2) is 12.1 Å². The molecule has 0 amide bonds. The number of aromatic hydroxyl groups is 1. The number of hydrogen-bond acceptors (Lipinski definition) is 2. The van der Waals surface area contributed by atoms with Crippen LogP contribution in [-0.2, 0) is 12.8 Å². The highest BCUT2D eigenvalue weighted by Crippen LogP contribution is 2.31. The summed E-state index contributed by atoms with van der Waals surface area (Å²) in [5.74, 6) is 0.208. The number of hydrogen-bond donors (Lipinski definition) is 1. The van der Waals surface area contributed by atoms with E-state index in [4.69, 9.17) is 5.26 Å². The third kappa shape index (κ3) is 1.27. The van der Waals surface area contributed by atoms with Crippen molar-refractivity contribution in [3.8, 4) is 11.8 Å². The standard InChI is InChI=1S/C11H11NO/c12-7-9-6-5-8-3-1-2-4-10(8)11(9)13/h5-6,13H,1-4H2. The molecule has 66 valence electrons. The molecule has 1 aliphatic rings. The first-order chi connectivity index (χ1) is 6.33. The summed E-state index contributed by atoms with van der Waals surface area (Å²) in [6, 6.07) is 5.67. The molecule has 0 fully saturated rings. The Balaban J connectivity index is 2.56. The largest absolute Gasteiger partial charge is 0.506 e. The Morgan fingerprint density at radius 3 is 2.77 bits per heavy atom. The monoisotopic (exact) mass is 173 g/mol. The first kappa shape index (κ1) is 8.12. The van der Waals surface area contributed by atoms with Crippen LogP contribution in [0.1, 0.15) is 29.5 Å². The highest BCUT2D eigenvalue weighted by molar-refractivity contribution is 5.51. The topological polar surface area (TPSA) is 44.0 Å². The highest BCUT2D eigenvalue weighted by Gasteiger charge is 2.15. The number of benzene rings is 1. The molecule has 0 atom stereocenters. The van der Waals surface area contributed by atoms with Gasteiger partial charge in [0, 0.05) is 0 Å². The van der Waals surface area contributed by atoms with Crippen LogP contribution in [0.25, 0.3) is 0 Å². The van der Waals surface area contributed by atoms with Gasteiger partial charge in [-0.2, -0.15) is 5.26 Å². The average molecular weight is 173 g/mol. The van der Waals surface area contributed by atoms with Gasteiger partial charge in [0.25, 0.3) is 0 Å². The zero-order valence-electron chi connectivity index (χ0n) is 7.38. The normalized spacial score (nSPS) is 14.7. The lowest BCUT2D eigenvalue weighted by atomic mass is 9.89. The molecule has 0 spiro atoms. The molecule has 2 nitrogen and oxygen atoms in total. The van der Waals surface area contributed by atoms with Crippen molar-refractivity contribution >= 4 is 0 Å². The Morgan fingerprint density at radius 2 is 2.00 bits per heavy atom. The van der Waals surface area contributed by atoms with Crippen molar-refractivity contribution in [2.24, 2.45) is 0 Å². The molecule has 0 heterocycles. The number of phenolic OH excluding ortho intramolecular Hbond substituents is 1. The minimum Gasteiger partial charge on any atom is -0.506 e. The van der Waals surface area contributed by atoms with Crippen molar-refractivity contribution in [2.45, 2.75) is 25.7 Å². The van der Waals surface area contributed by atoms with Crippen molar-refractivity contribution in [3.05, 3.63) is 28.8 Å². The molecule has 0 unspecified atom stereocenters. The predicted molar refractivity (Wildman–Crippen MR) is 49.5 cm³/mol. The molecule has 13 heavy (non-hydrogen) atoms. The number of phenols is 1. The van der Waals surface area contributed by atoms with Crippen LogP contribution in [0.5, 0.6) is 5.75 Å². The third-order valence-electron chi connectivity index (χ3n) is 2.62. The van der Waals surface area contributed by atoms with E-state index in [1.807, 2.05) is 12.1 Å². The second-order valence-corrected chi connectivity index (χ2v) is 3.42. The Kier molecular flexibility index (Phi) is 1.94. The van der Waals surface area contributed by atoms with Crippen LogP contribution in [0.2, 0.25) is 0 Å². The molecule has 0 aliphatic heterocycles. The molecule has 0 bridgehead atoms. The SMILES string of the molecule is N#Cc1ccc2c(c1O)CCCC2. The maximum absolute atomic E-state index is 9.71. The van der Waals surface area contributed by atoms with E-state index in [2.05, 4.69) is 0 Å². The van der Waals surface area contributed by atoms with Crippen molar-refractivity contribution < 1.29 is 5.11 Å². The van der Waals surface area contributed by atoms with Gasteiger partial charge >= 0.3 is 0 Å². The average Bonchev–Trinajstić information content (AvgIpc) is 2.19. The minimum atomic E-state index is 0.208. The minimum absolute atomic E-state index is 0.208. The van der Waals surface area contributed by atoms with Gasteiger partial charge in [-0.25, -0.2) is 0 Å². The second kappa shape index (κ2) is 3.10. The molecule has 1 aromatic rings. The molecule has 1 aliphatic carbocycles. The van der Waals surface area contributed by atoms with Gasteiger partial charge in [-0.05, 0) is 42.9 Å². The van der Waals surface area contributed by atoms with Gasteiger partial charge in [0.15, 0.2) is 0 Å². The van der Waals surface area contributed by atoms with E-state index in [1.54, 1.807) is 6.07 Å². The van der Waals surface area contributed by atoms with Gasteiger partial charge in [0.05, 0.1) is 5.56 Å². The smallest absolute Gasteiger partial charge is 0.136 e. The van der Waals surface area contributed by atoms with Gasteiger partial charge in [-0.1, -0.05) is 6.07 Å². The van der Waals surface area contributed by atoms with Crippen LogP contribution in [-0.4, -0.2) is 5.11 Å². The molecular formula is C11H11NO. The summed E-state index contributed by atoms with van der Waals surface area (Å²) in [4.78, 5) is 0. The third-order valence-corrected chi connectivity index (χ3v) is 2.62. The summed E-state index contributed by atoms with van der Waals surface area (Å²) in [7, 11) is 0. The number of nitrogens with zero attached hydrogens (tertiary/aromatic N) is 1. The van der Waals surface area contributed by atoms with Gasteiger partial charge in [-0.15, -0.1) is 0 Å². The van der Waals surface area contributed by atoms with Crippen LogP contribution in [0.3, 0.4) is 0 Å². The molecule has 1 aromatic carbocycles. The van der Waals surface area contributed by atoms with Crippen LogP contribution >= 0.6 is 0 Å². The number of rotatable bonds is 0. The van der Waals surface area contributed by atoms with E-state index >= 15 is 0 Å². The van der Waals surface area contributed by atoms with E-state index in [0.29, 0.717) is 5.56 Å². The Hall–Kier alpha value is -1.49. The second-order valence-electron chi connectivity index (χ2n) is 3.42. The van der Waals surface area contributed by atoms with E-state index < -0.39 is 0 Å². The van der Waals surface area contributed by atoms with E-state index in [0.717, 1.165) is 24.8 Å². The molecule has 0 aromatic heterocycles. The Labute approximate surface area is 77.4 Å². The summed E-state index contributed by atoms with van der Waals surface area (Å²) < 4.78 is 0. The molecule has 2 heteroatoms. The first-order valence-electron chi connectivity index (χ1n) is 4.57. The lowest BCUT2D eigenvalue weighted by molar-refractivity contribution is 0.460. The van der Waals surface area contributed by atoms with E-state index in [-0.39, 0.29) is 5.75 Å². The first-order valence-corrected chi connectivity index (χ1v) is 4.57. The molecule has 0 saturated carbocycles. The van der Waals surface area contributed by atoms with Crippen LogP contribution < -0.4 is 0 Å². The molecular weight excluding hydrogens is 162 g/mol. The van der Waals surface area contributed by atoms with Gasteiger partial charge < -0.3 is 5.11 Å². The summed E-state index contributed by atoms with van der Waals surface area (Å²) in [5, 5.41) is 18.4. The summed E-state index contributed by atoms with van der Waals surface area (Å²) >= 11 is 0. The van der Waals surface area contributed by atoms with E-state index in [1.165, 1.54) is 12.0 Å². The van der Waals surface area contributed by atoms with Gasteiger partial charge in [-0.3, -0.25) is 0 Å². The fourth-order valence-corrected chi connectivity index (χ4v) is 1.90. The zero-order chi connectivity index (χ0) is 9.26. The van der Waals surface area contributed by atoms with Gasteiger partial charge in [0.1, 0.15) is 11.8 Å². The van der Waals surface area contributed by atoms with Crippen molar-refractivity contribution in [1.29, 1.82) is 5.26 Å². The maximum Gasteiger partial charge on any atom is 0.136 e. The Morgan fingerprint density at radius 1 is 1.23 bits per heavy atom. The highest BCUT2D eigenvalue weighted by atomic mass is 16.3. The molecule has 0 radical (unpaired) electrons. The van der Waals surface area contributed by atoms with Crippen molar-refractivity contribution in [2.75, 3.05) is 0 Å². The van der Waals surface area contributed by atoms with Crippen LogP contribution in [0, 0.1) is 11.3 Å². The van der Waals surface area contributed by atoms with Crippen LogP contribution in [0.4, 0.5) is 0 Å². The lowest BCUT2D eigenvalue weighted by Crippen LogP contribution is -2.03. The summed E-state index contributed by atoms with van der Waals surface area (Å²) in [6.07, 6.45) is 4.26. The fourth-order valence-electron chi connectivity index (χ4n) is 1.90.